The van der Waals surface area contributed by atoms with Gasteiger partial charge in [-0.2, -0.15) is 5.26 Å². The molecule has 94 valence electrons. The quantitative estimate of drug-likeness (QED) is 0.619. The van der Waals surface area contributed by atoms with Crippen molar-refractivity contribution in [2.24, 2.45) is 5.92 Å². The van der Waals surface area contributed by atoms with Crippen molar-refractivity contribution in [3.8, 4) is 6.07 Å². The lowest BCUT2D eigenvalue weighted by molar-refractivity contribution is -0.111. The highest BCUT2D eigenvalue weighted by atomic mass is 32.2. The fourth-order valence-corrected chi connectivity index (χ4v) is 2.97. The first kappa shape index (κ1) is 13.0. The van der Waals surface area contributed by atoms with Crippen molar-refractivity contribution < 1.29 is 4.79 Å². The Bertz CT molecular complexity index is 481. The lowest BCUT2D eigenvalue weighted by Crippen LogP contribution is -2.36. The van der Waals surface area contributed by atoms with Crippen molar-refractivity contribution in [3.05, 3.63) is 23.8 Å². The lowest BCUT2D eigenvalue weighted by atomic mass is 9.98. The third kappa shape index (κ3) is 2.51. The normalized spacial score (nSPS) is 19.3. The molecule has 0 aliphatic carbocycles. The summed E-state index contributed by atoms with van der Waals surface area (Å²) in [4.78, 5) is 14.1. The van der Waals surface area contributed by atoms with E-state index in [1.165, 1.54) is 0 Å². The van der Waals surface area contributed by atoms with E-state index in [2.05, 4.69) is 11.0 Å². The Morgan fingerprint density at radius 1 is 1.56 bits per heavy atom. The van der Waals surface area contributed by atoms with E-state index < -0.39 is 0 Å². The van der Waals surface area contributed by atoms with Gasteiger partial charge in [0.15, 0.2) is 0 Å². The molecule has 1 fully saturated rings. The highest BCUT2D eigenvalue weighted by molar-refractivity contribution is 7.98. The van der Waals surface area contributed by atoms with E-state index in [4.69, 9.17) is 0 Å². The van der Waals surface area contributed by atoms with Crippen molar-refractivity contribution >= 4 is 23.7 Å². The molecule has 1 aliphatic rings. The summed E-state index contributed by atoms with van der Waals surface area (Å²) in [5, 5.41) is 9.32. The van der Waals surface area contributed by atoms with Gasteiger partial charge in [-0.1, -0.05) is 6.07 Å². The molecule has 18 heavy (non-hydrogen) atoms. The molecule has 0 aromatic heterocycles. The van der Waals surface area contributed by atoms with E-state index in [0.717, 1.165) is 48.4 Å². The number of nitrogens with zero attached hydrogens (tertiary/aromatic N) is 2. The van der Waals surface area contributed by atoms with Crippen LogP contribution < -0.4 is 4.90 Å². The number of rotatable bonds is 3. The Morgan fingerprint density at radius 3 is 3.06 bits per heavy atom. The first-order valence-corrected chi connectivity index (χ1v) is 7.30. The van der Waals surface area contributed by atoms with Crippen molar-refractivity contribution in [3.63, 3.8) is 0 Å². The highest BCUT2D eigenvalue weighted by Gasteiger charge is 2.22. The summed E-state index contributed by atoms with van der Waals surface area (Å²) < 4.78 is 0. The minimum Gasteiger partial charge on any atom is -0.370 e. The molecule has 1 atom stereocenters. The Labute approximate surface area is 112 Å². The summed E-state index contributed by atoms with van der Waals surface area (Å²) in [5.74, 6) is 0.100. The monoisotopic (exact) mass is 260 g/mol. The molecule has 0 bridgehead atoms. The van der Waals surface area contributed by atoms with Gasteiger partial charge in [0.25, 0.3) is 0 Å². The van der Waals surface area contributed by atoms with Crippen molar-refractivity contribution in [2.45, 2.75) is 17.7 Å². The smallest absolute Gasteiger partial charge is 0.124 e. The first-order valence-electron chi connectivity index (χ1n) is 6.07. The van der Waals surface area contributed by atoms with Gasteiger partial charge >= 0.3 is 0 Å². The predicted octanol–water partition coefficient (Wildman–Crippen LogP) is 2.70. The van der Waals surface area contributed by atoms with Gasteiger partial charge in [-0.25, -0.2) is 0 Å². The lowest BCUT2D eigenvalue weighted by Gasteiger charge is -2.33. The van der Waals surface area contributed by atoms with Crippen LogP contribution in [0.4, 0.5) is 5.69 Å². The Kier molecular flexibility index (Phi) is 4.27. The average Bonchev–Trinajstić information content (AvgIpc) is 2.46. The molecule has 0 N–H and O–H groups in total. The molecule has 1 unspecified atom stereocenters. The summed E-state index contributed by atoms with van der Waals surface area (Å²) in [6.07, 6.45) is 4.99. The number of piperidine rings is 1. The van der Waals surface area contributed by atoms with Crippen LogP contribution in [0.15, 0.2) is 23.1 Å². The molecule has 1 aliphatic heterocycles. The maximum Gasteiger partial charge on any atom is 0.124 e. The summed E-state index contributed by atoms with van der Waals surface area (Å²) in [6, 6.07) is 8.22. The van der Waals surface area contributed by atoms with Crippen LogP contribution in [0.1, 0.15) is 18.4 Å². The third-order valence-corrected chi connectivity index (χ3v) is 4.11. The van der Waals surface area contributed by atoms with Crippen LogP contribution in [0.3, 0.4) is 0 Å². The highest BCUT2D eigenvalue weighted by Crippen LogP contribution is 2.31. The second-order valence-electron chi connectivity index (χ2n) is 4.45. The van der Waals surface area contributed by atoms with Crippen LogP contribution in [0.2, 0.25) is 0 Å². The molecule has 0 saturated carbocycles. The zero-order chi connectivity index (χ0) is 13.0. The maximum atomic E-state index is 10.9. The SMILES string of the molecule is CSc1cccc(N2CCCC(C=O)C2)c1C#N. The molecule has 0 amide bonds. The van der Waals surface area contributed by atoms with Gasteiger partial charge in [0.1, 0.15) is 12.4 Å². The van der Waals surface area contributed by atoms with Gasteiger partial charge in [0, 0.05) is 23.9 Å². The molecule has 1 saturated heterocycles. The predicted molar refractivity (Wildman–Crippen MR) is 73.9 cm³/mol. The summed E-state index contributed by atoms with van der Waals surface area (Å²) in [6.45, 7) is 1.66. The molecule has 0 spiro atoms. The number of carbonyl (C=O) groups excluding carboxylic acids is 1. The zero-order valence-corrected chi connectivity index (χ0v) is 11.2. The summed E-state index contributed by atoms with van der Waals surface area (Å²) >= 11 is 1.59. The number of benzene rings is 1. The number of anilines is 1. The number of thioether (sulfide) groups is 1. The van der Waals surface area contributed by atoms with Gasteiger partial charge < -0.3 is 9.69 Å². The van der Waals surface area contributed by atoms with Gasteiger partial charge in [0.05, 0.1) is 11.3 Å². The minimum absolute atomic E-state index is 0.100. The summed E-state index contributed by atoms with van der Waals surface area (Å²) in [7, 11) is 0. The van der Waals surface area contributed by atoms with E-state index in [0.29, 0.717) is 0 Å². The Morgan fingerprint density at radius 2 is 2.39 bits per heavy atom. The third-order valence-electron chi connectivity index (χ3n) is 3.33. The second kappa shape index (κ2) is 5.92. The maximum absolute atomic E-state index is 10.9. The van der Waals surface area contributed by atoms with E-state index in [9.17, 15) is 10.1 Å². The van der Waals surface area contributed by atoms with Gasteiger partial charge in [0.2, 0.25) is 0 Å². The topological polar surface area (TPSA) is 44.1 Å². The standard InChI is InChI=1S/C14H16N2OS/c1-18-14-6-2-5-13(12(14)8-15)16-7-3-4-11(9-16)10-17/h2,5-6,10-11H,3-4,7,9H2,1H3. The number of hydrogen-bond acceptors (Lipinski definition) is 4. The van der Waals surface area contributed by atoms with Crippen molar-refractivity contribution in [1.29, 1.82) is 5.26 Å². The van der Waals surface area contributed by atoms with E-state index >= 15 is 0 Å². The molecule has 3 nitrogen and oxygen atoms in total. The molecule has 0 radical (unpaired) electrons. The average molecular weight is 260 g/mol. The van der Waals surface area contributed by atoms with Crippen LogP contribution in [-0.2, 0) is 4.79 Å². The first-order chi connectivity index (χ1) is 8.80. The van der Waals surface area contributed by atoms with Crippen molar-refractivity contribution in [2.75, 3.05) is 24.2 Å². The van der Waals surface area contributed by atoms with Crippen LogP contribution >= 0.6 is 11.8 Å². The van der Waals surface area contributed by atoms with E-state index in [1.807, 2.05) is 24.5 Å². The molecule has 4 heteroatoms. The number of carbonyl (C=O) groups is 1. The number of hydrogen-bond donors (Lipinski definition) is 0. The molecule has 1 aromatic rings. The van der Waals surface area contributed by atoms with Crippen molar-refractivity contribution in [1.82, 2.24) is 0 Å². The number of aldehydes is 1. The molecular formula is C14H16N2OS. The Balaban J connectivity index is 2.33. The van der Waals surface area contributed by atoms with Crippen LogP contribution in [0, 0.1) is 17.2 Å². The zero-order valence-electron chi connectivity index (χ0n) is 10.4. The fourth-order valence-electron chi connectivity index (χ4n) is 2.41. The fraction of sp³-hybridized carbons (Fsp3) is 0.429. The van der Waals surface area contributed by atoms with Crippen LogP contribution in [-0.4, -0.2) is 25.6 Å². The summed E-state index contributed by atoms with van der Waals surface area (Å²) in [5.41, 5.74) is 1.70. The molecule has 1 heterocycles. The van der Waals surface area contributed by atoms with Gasteiger partial charge in [-0.15, -0.1) is 11.8 Å². The molecule has 1 aromatic carbocycles. The van der Waals surface area contributed by atoms with Gasteiger partial charge in [-0.3, -0.25) is 0 Å². The number of nitriles is 1. The molecular weight excluding hydrogens is 244 g/mol. The minimum atomic E-state index is 0.100. The van der Waals surface area contributed by atoms with Gasteiger partial charge in [-0.05, 0) is 31.2 Å². The van der Waals surface area contributed by atoms with E-state index in [1.54, 1.807) is 11.8 Å². The van der Waals surface area contributed by atoms with Crippen LogP contribution in [0.25, 0.3) is 0 Å². The largest absolute Gasteiger partial charge is 0.370 e. The molecule has 2 rings (SSSR count). The van der Waals surface area contributed by atoms with Crippen LogP contribution in [0.5, 0.6) is 0 Å². The Hall–Kier alpha value is -1.47. The second-order valence-corrected chi connectivity index (χ2v) is 5.30. The van der Waals surface area contributed by atoms with E-state index in [-0.39, 0.29) is 5.92 Å².